The third kappa shape index (κ3) is 3.05. The van der Waals surface area contributed by atoms with E-state index in [2.05, 4.69) is 45.3 Å². The molecule has 0 saturated carbocycles. The van der Waals surface area contributed by atoms with Crippen LogP contribution in [0.1, 0.15) is 37.0 Å². The number of hydrogen-bond donors (Lipinski definition) is 2. The van der Waals surface area contributed by atoms with Crippen molar-refractivity contribution in [1.82, 2.24) is 20.2 Å². The van der Waals surface area contributed by atoms with Crippen LogP contribution in [0.25, 0.3) is 0 Å². The highest BCUT2D eigenvalue weighted by Crippen LogP contribution is 2.27. The minimum Gasteiger partial charge on any atom is -0.271 e. The van der Waals surface area contributed by atoms with Crippen LogP contribution in [0.2, 0.25) is 0 Å². The molecule has 0 saturated heterocycles. The molecule has 0 fully saturated rings. The Bertz CT molecular complexity index is 522. The third-order valence-corrected chi connectivity index (χ3v) is 4.62. The number of aryl methyl sites for hydroxylation is 2. The quantitative estimate of drug-likeness (QED) is 0.624. The number of thiazole rings is 1. The molecule has 1 unspecified atom stereocenters. The third-order valence-electron chi connectivity index (χ3n) is 3.10. The Morgan fingerprint density at radius 3 is 2.84 bits per heavy atom. The van der Waals surface area contributed by atoms with E-state index in [0.29, 0.717) is 0 Å². The number of nitrogens with zero attached hydrogens (tertiary/aromatic N) is 3. The predicted octanol–water partition coefficient (Wildman–Crippen LogP) is 2.43. The lowest BCUT2D eigenvalue weighted by molar-refractivity contribution is 0.508. The van der Waals surface area contributed by atoms with Crippen LogP contribution in [0, 0.1) is 0 Å². The second kappa shape index (κ2) is 6.60. The van der Waals surface area contributed by atoms with Gasteiger partial charge >= 0.3 is 0 Å². The van der Waals surface area contributed by atoms with Gasteiger partial charge in [-0.3, -0.25) is 16.0 Å². The van der Waals surface area contributed by atoms with Gasteiger partial charge in [0, 0.05) is 18.3 Å². The standard InChI is InChI=1S/C12H18BrN5S/c1-3-8-12(13)11(18(4-2)17-8)5-9(16-14)10-6-19-7-15-10/h6-7,9,16H,3-5,14H2,1-2H3. The average molecular weight is 344 g/mol. The molecule has 3 N–H and O–H groups in total. The average Bonchev–Trinajstić information content (AvgIpc) is 3.04. The van der Waals surface area contributed by atoms with E-state index in [4.69, 9.17) is 5.84 Å². The van der Waals surface area contributed by atoms with Gasteiger partial charge in [-0.15, -0.1) is 11.3 Å². The van der Waals surface area contributed by atoms with Crippen molar-refractivity contribution >= 4 is 27.3 Å². The first-order valence-corrected chi connectivity index (χ1v) is 8.03. The summed E-state index contributed by atoms with van der Waals surface area (Å²) in [4.78, 5) is 4.33. The molecule has 5 nitrogen and oxygen atoms in total. The van der Waals surface area contributed by atoms with E-state index >= 15 is 0 Å². The fourth-order valence-electron chi connectivity index (χ4n) is 2.05. The maximum absolute atomic E-state index is 5.66. The van der Waals surface area contributed by atoms with Crippen LogP contribution in [0.15, 0.2) is 15.4 Å². The molecule has 1 atom stereocenters. The Morgan fingerprint density at radius 2 is 2.32 bits per heavy atom. The first-order valence-electron chi connectivity index (χ1n) is 6.29. The van der Waals surface area contributed by atoms with E-state index in [1.807, 2.05) is 15.6 Å². The number of aromatic nitrogens is 3. The minimum atomic E-state index is 0.00857. The molecule has 0 spiro atoms. The molecule has 0 aliphatic carbocycles. The molecule has 0 radical (unpaired) electrons. The molecule has 0 bridgehead atoms. The highest BCUT2D eigenvalue weighted by Gasteiger charge is 2.20. The Balaban J connectivity index is 2.29. The highest BCUT2D eigenvalue weighted by atomic mass is 79.9. The van der Waals surface area contributed by atoms with Gasteiger partial charge in [-0.05, 0) is 29.3 Å². The van der Waals surface area contributed by atoms with Crippen LogP contribution >= 0.6 is 27.3 Å². The van der Waals surface area contributed by atoms with Gasteiger partial charge in [0.1, 0.15) is 0 Å². The summed E-state index contributed by atoms with van der Waals surface area (Å²) in [7, 11) is 0. The van der Waals surface area contributed by atoms with Gasteiger partial charge in [0.15, 0.2) is 0 Å². The van der Waals surface area contributed by atoms with Crippen molar-refractivity contribution in [3.8, 4) is 0 Å². The van der Waals surface area contributed by atoms with Crippen molar-refractivity contribution in [3.63, 3.8) is 0 Å². The minimum absolute atomic E-state index is 0.00857. The van der Waals surface area contributed by atoms with Crippen molar-refractivity contribution < 1.29 is 0 Å². The van der Waals surface area contributed by atoms with Gasteiger partial charge in [0.05, 0.1) is 33.1 Å². The summed E-state index contributed by atoms with van der Waals surface area (Å²) in [5.74, 6) is 5.66. The van der Waals surface area contributed by atoms with Gasteiger partial charge < -0.3 is 0 Å². The topological polar surface area (TPSA) is 68.8 Å². The van der Waals surface area contributed by atoms with Gasteiger partial charge in [0.25, 0.3) is 0 Å². The molecule has 104 valence electrons. The van der Waals surface area contributed by atoms with E-state index in [0.717, 1.165) is 40.9 Å². The van der Waals surface area contributed by atoms with E-state index in [9.17, 15) is 0 Å². The molecule has 2 heterocycles. The maximum atomic E-state index is 5.66. The van der Waals surface area contributed by atoms with Crippen molar-refractivity contribution in [1.29, 1.82) is 0 Å². The summed E-state index contributed by atoms with van der Waals surface area (Å²) >= 11 is 5.23. The monoisotopic (exact) mass is 343 g/mol. The zero-order valence-electron chi connectivity index (χ0n) is 11.1. The van der Waals surface area contributed by atoms with Crippen molar-refractivity contribution in [2.45, 2.75) is 39.3 Å². The van der Waals surface area contributed by atoms with Gasteiger partial charge in [0.2, 0.25) is 0 Å². The maximum Gasteiger partial charge on any atom is 0.0795 e. The second-order valence-corrected chi connectivity index (χ2v) is 5.73. The first kappa shape index (κ1) is 14.6. The zero-order chi connectivity index (χ0) is 13.8. The highest BCUT2D eigenvalue weighted by molar-refractivity contribution is 9.10. The van der Waals surface area contributed by atoms with Crippen molar-refractivity contribution in [3.05, 3.63) is 32.4 Å². The largest absolute Gasteiger partial charge is 0.271 e. The van der Waals surface area contributed by atoms with Crippen LogP contribution in [0.3, 0.4) is 0 Å². The van der Waals surface area contributed by atoms with Crippen LogP contribution in [-0.2, 0) is 19.4 Å². The Labute approximate surface area is 125 Å². The van der Waals surface area contributed by atoms with E-state index in [-0.39, 0.29) is 6.04 Å². The summed E-state index contributed by atoms with van der Waals surface area (Å²) in [5, 5.41) is 6.62. The molecule has 19 heavy (non-hydrogen) atoms. The number of rotatable bonds is 6. The van der Waals surface area contributed by atoms with Crippen LogP contribution in [-0.4, -0.2) is 14.8 Å². The lowest BCUT2D eigenvalue weighted by Crippen LogP contribution is -2.30. The molecule has 0 aliphatic heterocycles. The van der Waals surface area contributed by atoms with Crippen LogP contribution in [0.4, 0.5) is 0 Å². The van der Waals surface area contributed by atoms with E-state index in [1.54, 1.807) is 11.3 Å². The van der Waals surface area contributed by atoms with E-state index < -0.39 is 0 Å². The van der Waals surface area contributed by atoms with E-state index in [1.165, 1.54) is 0 Å². The number of nitrogens with two attached hydrogens (primary N) is 1. The van der Waals surface area contributed by atoms with Crippen molar-refractivity contribution in [2.75, 3.05) is 0 Å². The number of nitrogens with one attached hydrogen (secondary N) is 1. The summed E-state index contributed by atoms with van der Waals surface area (Å²) in [6.45, 7) is 5.05. The van der Waals surface area contributed by atoms with Crippen LogP contribution < -0.4 is 11.3 Å². The fourth-order valence-corrected chi connectivity index (χ4v) is 3.38. The second-order valence-electron chi connectivity index (χ2n) is 4.21. The molecule has 2 rings (SSSR count). The number of hydrazine groups is 1. The molecule has 0 aromatic carbocycles. The zero-order valence-corrected chi connectivity index (χ0v) is 13.5. The lowest BCUT2D eigenvalue weighted by Gasteiger charge is -2.14. The Kier molecular flexibility index (Phi) is 5.09. The Hall–Kier alpha value is -0.760. The molecule has 7 heteroatoms. The van der Waals surface area contributed by atoms with Crippen molar-refractivity contribution in [2.24, 2.45) is 5.84 Å². The van der Waals surface area contributed by atoms with Gasteiger partial charge in [-0.25, -0.2) is 4.98 Å². The molecule has 0 aliphatic rings. The molecule has 2 aromatic heterocycles. The van der Waals surface area contributed by atoms with Gasteiger partial charge in [-0.1, -0.05) is 6.92 Å². The first-order chi connectivity index (χ1) is 9.21. The molecule has 0 amide bonds. The normalized spacial score (nSPS) is 12.8. The fraction of sp³-hybridized carbons (Fsp3) is 0.500. The summed E-state index contributed by atoms with van der Waals surface area (Å²) in [6.07, 6.45) is 1.68. The lowest BCUT2D eigenvalue weighted by atomic mass is 10.1. The Morgan fingerprint density at radius 1 is 1.53 bits per heavy atom. The molecular weight excluding hydrogens is 326 g/mol. The smallest absolute Gasteiger partial charge is 0.0795 e. The SMILES string of the molecule is CCc1nn(CC)c(CC(NN)c2cscn2)c1Br. The molecular formula is C12H18BrN5S. The number of halogens is 1. The number of hydrogen-bond acceptors (Lipinski definition) is 5. The van der Waals surface area contributed by atoms with Crippen LogP contribution in [0.5, 0.6) is 0 Å². The summed E-state index contributed by atoms with van der Waals surface area (Å²) in [6, 6.07) is 0.00857. The van der Waals surface area contributed by atoms with Gasteiger partial charge in [-0.2, -0.15) is 5.10 Å². The summed E-state index contributed by atoms with van der Waals surface area (Å²) in [5.41, 5.74) is 7.89. The predicted molar refractivity (Wildman–Crippen MR) is 80.9 cm³/mol. The summed E-state index contributed by atoms with van der Waals surface area (Å²) < 4.78 is 3.12. The molecule has 2 aromatic rings.